The van der Waals surface area contributed by atoms with Gasteiger partial charge in [-0.1, -0.05) is 18.2 Å². The van der Waals surface area contributed by atoms with Gasteiger partial charge in [0.15, 0.2) is 0 Å². The highest BCUT2D eigenvalue weighted by molar-refractivity contribution is 5.43. The molecule has 18 heavy (non-hydrogen) atoms. The minimum atomic E-state index is 0.473. The van der Waals surface area contributed by atoms with Crippen LogP contribution in [-0.2, 0) is 6.54 Å². The van der Waals surface area contributed by atoms with Crippen LogP contribution in [0.3, 0.4) is 0 Å². The van der Waals surface area contributed by atoms with Crippen molar-refractivity contribution in [1.29, 1.82) is 0 Å². The van der Waals surface area contributed by atoms with E-state index in [0.29, 0.717) is 6.54 Å². The average Bonchev–Trinajstić information content (AvgIpc) is 3.08. The summed E-state index contributed by atoms with van der Waals surface area (Å²) in [4.78, 5) is 0. The number of aromatic nitrogens is 3. The maximum absolute atomic E-state index is 5.78. The third-order valence-corrected chi connectivity index (χ3v) is 2.89. The summed E-state index contributed by atoms with van der Waals surface area (Å²) in [5, 5.41) is 4.43. The number of hydrogen-bond donors (Lipinski definition) is 1. The molecule has 0 fully saturated rings. The third-order valence-electron chi connectivity index (χ3n) is 2.89. The molecule has 3 rings (SSSR count). The Kier molecular flexibility index (Phi) is 2.70. The first kappa shape index (κ1) is 10.8. The molecule has 0 saturated carbocycles. The molecule has 4 heteroatoms. The second-order valence-electron chi connectivity index (χ2n) is 4.04. The van der Waals surface area contributed by atoms with Crippen molar-refractivity contribution in [2.45, 2.75) is 6.54 Å². The first-order valence-electron chi connectivity index (χ1n) is 5.86. The van der Waals surface area contributed by atoms with Crippen LogP contribution in [0.4, 0.5) is 0 Å². The Bertz CT molecular complexity index is 623. The van der Waals surface area contributed by atoms with Crippen LogP contribution in [0.1, 0.15) is 5.56 Å². The topological polar surface area (TPSA) is 48.8 Å². The van der Waals surface area contributed by atoms with Crippen molar-refractivity contribution in [2.24, 2.45) is 5.73 Å². The van der Waals surface area contributed by atoms with E-state index in [1.54, 1.807) is 0 Å². The Hall–Kier alpha value is -2.33. The molecule has 0 amide bonds. The second kappa shape index (κ2) is 4.50. The molecule has 2 heterocycles. The lowest BCUT2D eigenvalue weighted by atomic mass is 10.3. The number of benzene rings is 1. The molecule has 2 aromatic heterocycles. The molecule has 0 unspecified atom stereocenters. The van der Waals surface area contributed by atoms with Gasteiger partial charge in [0.2, 0.25) is 0 Å². The zero-order chi connectivity index (χ0) is 12.4. The molecular weight excluding hydrogens is 224 g/mol. The minimum absolute atomic E-state index is 0.473. The van der Waals surface area contributed by atoms with Crippen molar-refractivity contribution in [2.75, 3.05) is 0 Å². The van der Waals surface area contributed by atoms with Crippen molar-refractivity contribution in [3.63, 3.8) is 0 Å². The normalized spacial score (nSPS) is 10.7. The minimum Gasteiger partial charge on any atom is -0.326 e. The predicted molar refractivity (Wildman–Crippen MR) is 70.8 cm³/mol. The van der Waals surface area contributed by atoms with Crippen molar-refractivity contribution in [3.8, 4) is 11.5 Å². The van der Waals surface area contributed by atoms with Gasteiger partial charge in [0.1, 0.15) is 5.82 Å². The molecule has 0 aliphatic rings. The fourth-order valence-corrected chi connectivity index (χ4v) is 2.03. The molecule has 0 bridgehead atoms. The van der Waals surface area contributed by atoms with Crippen LogP contribution < -0.4 is 5.73 Å². The summed E-state index contributed by atoms with van der Waals surface area (Å²) in [6.45, 7) is 0.473. The summed E-state index contributed by atoms with van der Waals surface area (Å²) in [6, 6.07) is 14.0. The van der Waals surface area contributed by atoms with Gasteiger partial charge in [-0.25, -0.2) is 4.68 Å². The van der Waals surface area contributed by atoms with E-state index < -0.39 is 0 Å². The Morgan fingerprint density at radius 1 is 1.00 bits per heavy atom. The number of para-hydroxylation sites is 1. The Morgan fingerprint density at radius 3 is 2.39 bits per heavy atom. The van der Waals surface area contributed by atoms with Crippen molar-refractivity contribution in [3.05, 3.63) is 66.6 Å². The first-order valence-corrected chi connectivity index (χ1v) is 5.86. The largest absolute Gasteiger partial charge is 0.326 e. The Balaban J connectivity index is 2.20. The zero-order valence-corrected chi connectivity index (χ0v) is 9.90. The fourth-order valence-electron chi connectivity index (χ4n) is 2.03. The number of hydrogen-bond acceptors (Lipinski definition) is 2. The van der Waals surface area contributed by atoms with Gasteiger partial charge < -0.3 is 10.3 Å². The van der Waals surface area contributed by atoms with Crippen LogP contribution in [0.25, 0.3) is 11.5 Å². The van der Waals surface area contributed by atoms with Gasteiger partial charge in [-0.05, 0) is 24.3 Å². The van der Waals surface area contributed by atoms with Gasteiger partial charge in [-0.15, -0.1) is 0 Å². The van der Waals surface area contributed by atoms with Gasteiger partial charge >= 0.3 is 0 Å². The summed E-state index contributed by atoms with van der Waals surface area (Å²) in [7, 11) is 0. The highest BCUT2D eigenvalue weighted by atomic mass is 15.3. The molecule has 1 aromatic carbocycles. The lowest BCUT2D eigenvalue weighted by molar-refractivity contribution is 0.818. The average molecular weight is 238 g/mol. The molecule has 0 aliphatic heterocycles. The molecule has 4 nitrogen and oxygen atoms in total. The number of rotatable bonds is 3. The summed E-state index contributed by atoms with van der Waals surface area (Å²) in [6.07, 6.45) is 5.81. The molecule has 3 aromatic rings. The van der Waals surface area contributed by atoms with Crippen molar-refractivity contribution in [1.82, 2.24) is 14.3 Å². The van der Waals surface area contributed by atoms with Gasteiger partial charge in [0.05, 0.1) is 11.9 Å². The van der Waals surface area contributed by atoms with Gasteiger partial charge in [-0.3, -0.25) is 0 Å². The Labute approximate surface area is 105 Å². The van der Waals surface area contributed by atoms with E-state index >= 15 is 0 Å². The van der Waals surface area contributed by atoms with Gasteiger partial charge in [-0.2, -0.15) is 5.10 Å². The lowest BCUT2D eigenvalue weighted by Gasteiger charge is -2.10. The Morgan fingerprint density at radius 2 is 1.72 bits per heavy atom. The van der Waals surface area contributed by atoms with E-state index in [2.05, 4.69) is 5.10 Å². The molecule has 2 N–H and O–H groups in total. The summed E-state index contributed by atoms with van der Waals surface area (Å²) in [5.74, 6) is 0.994. The van der Waals surface area contributed by atoms with Crippen molar-refractivity contribution < 1.29 is 0 Å². The molecule has 0 saturated heterocycles. The molecule has 0 atom stereocenters. The van der Waals surface area contributed by atoms with E-state index in [1.165, 1.54) is 0 Å². The van der Waals surface area contributed by atoms with E-state index in [-0.39, 0.29) is 0 Å². The highest BCUT2D eigenvalue weighted by Gasteiger charge is 2.12. The fraction of sp³-hybridized carbons (Fsp3) is 0.0714. The monoisotopic (exact) mass is 238 g/mol. The van der Waals surface area contributed by atoms with Crippen LogP contribution in [-0.4, -0.2) is 14.3 Å². The van der Waals surface area contributed by atoms with Crippen LogP contribution in [0.5, 0.6) is 0 Å². The van der Waals surface area contributed by atoms with E-state index in [9.17, 15) is 0 Å². The van der Waals surface area contributed by atoms with E-state index in [0.717, 1.165) is 17.1 Å². The molecular formula is C14H14N4. The summed E-state index contributed by atoms with van der Waals surface area (Å²) in [5.41, 5.74) is 7.83. The maximum atomic E-state index is 5.78. The van der Waals surface area contributed by atoms with Crippen LogP contribution >= 0.6 is 0 Å². The maximum Gasteiger partial charge on any atom is 0.144 e. The summed E-state index contributed by atoms with van der Waals surface area (Å²) >= 11 is 0. The third kappa shape index (κ3) is 1.72. The SMILES string of the molecule is NCc1cnn(-c2ccccc2)c1-n1cccc1. The lowest BCUT2D eigenvalue weighted by Crippen LogP contribution is -2.07. The standard InChI is InChI=1S/C14H14N4/c15-10-12-11-16-18(13-6-2-1-3-7-13)14(12)17-8-4-5-9-17/h1-9,11H,10,15H2. The number of nitrogens with zero attached hydrogens (tertiary/aromatic N) is 3. The van der Waals surface area contributed by atoms with Crippen LogP contribution in [0.15, 0.2) is 61.1 Å². The van der Waals surface area contributed by atoms with Crippen molar-refractivity contribution >= 4 is 0 Å². The van der Waals surface area contributed by atoms with Gasteiger partial charge in [0.25, 0.3) is 0 Å². The highest BCUT2D eigenvalue weighted by Crippen LogP contribution is 2.18. The first-order chi connectivity index (χ1) is 8.90. The van der Waals surface area contributed by atoms with Gasteiger partial charge in [0, 0.05) is 24.5 Å². The zero-order valence-electron chi connectivity index (χ0n) is 9.90. The predicted octanol–water partition coefficient (Wildman–Crippen LogP) is 2.12. The number of nitrogens with two attached hydrogens (primary N) is 1. The molecule has 0 spiro atoms. The summed E-state index contributed by atoms with van der Waals surface area (Å²) < 4.78 is 3.93. The molecule has 90 valence electrons. The van der Waals surface area contributed by atoms with E-state index in [1.807, 2.05) is 70.3 Å². The second-order valence-corrected chi connectivity index (χ2v) is 4.04. The van der Waals surface area contributed by atoms with Crippen LogP contribution in [0.2, 0.25) is 0 Å². The van der Waals surface area contributed by atoms with Crippen LogP contribution in [0, 0.1) is 0 Å². The molecule has 0 radical (unpaired) electrons. The smallest absolute Gasteiger partial charge is 0.144 e. The molecule has 0 aliphatic carbocycles. The van der Waals surface area contributed by atoms with E-state index in [4.69, 9.17) is 5.73 Å². The quantitative estimate of drug-likeness (QED) is 0.759.